The molecule has 2 heterocycles. The van der Waals surface area contributed by atoms with Gasteiger partial charge in [0.15, 0.2) is 5.54 Å². The van der Waals surface area contributed by atoms with Crippen molar-refractivity contribution in [3.63, 3.8) is 0 Å². The van der Waals surface area contributed by atoms with Gasteiger partial charge in [0.2, 0.25) is 5.91 Å². The molecule has 0 bridgehead atoms. The Kier molecular flexibility index (Phi) is 4.23. The molecular formula is C17H15F2N3O4. The fourth-order valence-electron chi connectivity index (χ4n) is 2.63. The van der Waals surface area contributed by atoms with Crippen molar-refractivity contribution in [3.8, 4) is 0 Å². The number of furan rings is 1. The average molecular weight is 363 g/mol. The van der Waals surface area contributed by atoms with Gasteiger partial charge in [-0.3, -0.25) is 14.5 Å². The Labute approximate surface area is 147 Å². The fraction of sp³-hybridized carbons (Fsp3) is 0.235. The molecule has 136 valence electrons. The smallest absolute Gasteiger partial charge is 0.325 e. The lowest BCUT2D eigenvalue weighted by atomic mass is 9.99. The molecule has 0 spiro atoms. The van der Waals surface area contributed by atoms with E-state index in [1.165, 1.54) is 6.92 Å². The standard InChI is InChI=1S/C17H15F2N3O4/c1-9-3-6-13(26-9)17(2)15(24)22(16(25)21-17)8-14(23)20-12-5-4-10(18)7-11(12)19/h3-7H,8H2,1-2H3,(H,20,23)(H,21,25). The Morgan fingerprint density at radius 2 is 2.00 bits per heavy atom. The van der Waals surface area contributed by atoms with Gasteiger partial charge in [-0.25, -0.2) is 13.6 Å². The highest BCUT2D eigenvalue weighted by atomic mass is 19.1. The minimum atomic E-state index is -1.44. The first-order valence-electron chi connectivity index (χ1n) is 7.66. The van der Waals surface area contributed by atoms with E-state index >= 15 is 0 Å². The first-order chi connectivity index (χ1) is 12.2. The Hall–Kier alpha value is -3.23. The largest absolute Gasteiger partial charge is 0.463 e. The summed E-state index contributed by atoms with van der Waals surface area (Å²) in [5, 5.41) is 4.69. The number of halogens is 2. The zero-order chi connectivity index (χ0) is 19.1. The number of imide groups is 1. The van der Waals surface area contributed by atoms with E-state index < -0.39 is 41.6 Å². The summed E-state index contributed by atoms with van der Waals surface area (Å²) < 4.78 is 31.9. The molecule has 1 aromatic carbocycles. The number of hydrogen-bond acceptors (Lipinski definition) is 4. The number of aryl methyl sites for hydroxylation is 1. The predicted octanol–water partition coefficient (Wildman–Crippen LogP) is 2.27. The zero-order valence-electron chi connectivity index (χ0n) is 13.9. The fourth-order valence-corrected chi connectivity index (χ4v) is 2.63. The van der Waals surface area contributed by atoms with E-state index in [0.717, 1.165) is 12.1 Å². The summed E-state index contributed by atoms with van der Waals surface area (Å²) in [5.41, 5.74) is -1.69. The van der Waals surface area contributed by atoms with Gasteiger partial charge in [-0.05, 0) is 38.1 Å². The molecule has 1 unspecified atom stereocenters. The highest BCUT2D eigenvalue weighted by molar-refractivity contribution is 6.10. The molecule has 26 heavy (non-hydrogen) atoms. The molecule has 7 nitrogen and oxygen atoms in total. The van der Waals surface area contributed by atoms with E-state index in [0.29, 0.717) is 16.7 Å². The molecule has 2 aromatic rings. The van der Waals surface area contributed by atoms with Crippen LogP contribution in [0.2, 0.25) is 0 Å². The van der Waals surface area contributed by atoms with Crippen molar-refractivity contribution in [2.45, 2.75) is 19.4 Å². The van der Waals surface area contributed by atoms with Gasteiger partial charge in [0, 0.05) is 6.07 Å². The summed E-state index contributed by atoms with van der Waals surface area (Å²) in [6, 6.07) is 5.06. The molecule has 0 radical (unpaired) electrons. The van der Waals surface area contributed by atoms with E-state index in [-0.39, 0.29) is 11.4 Å². The van der Waals surface area contributed by atoms with Gasteiger partial charge in [-0.2, -0.15) is 0 Å². The maximum Gasteiger partial charge on any atom is 0.325 e. The molecule has 1 saturated heterocycles. The number of hydrogen-bond donors (Lipinski definition) is 2. The van der Waals surface area contributed by atoms with Crippen LogP contribution in [0.4, 0.5) is 19.3 Å². The highest BCUT2D eigenvalue weighted by Gasteiger charge is 2.51. The highest BCUT2D eigenvalue weighted by Crippen LogP contribution is 2.30. The molecule has 1 atom stereocenters. The van der Waals surface area contributed by atoms with Crippen LogP contribution >= 0.6 is 0 Å². The van der Waals surface area contributed by atoms with Crippen molar-refractivity contribution in [1.82, 2.24) is 10.2 Å². The second kappa shape index (κ2) is 6.25. The number of rotatable bonds is 4. The zero-order valence-corrected chi connectivity index (χ0v) is 13.9. The van der Waals surface area contributed by atoms with Crippen LogP contribution in [0.1, 0.15) is 18.4 Å². The lowest BCUT2D eigenvalue weighted by Crippen LogP contribution is -2.42. The predicted molar refractivity (Wildman–Crippen MR) is 86.0 cm³/mol. The number of nitrogens with one attached hydrogen (secondary N) is 2. The summed E-state index contributed by atoms with van der Waals surface area (Å²) in [4.78, 5) is 37.5. The number of carbonyl (C=O) groups is 3. The maximum absolute atomic E-state index is 13.6. The summed E-state index contributed by atoms with van der Waals surface area (Å²) in [6.45, 7) is 2.52. The van der Waals surface area contributed by atoms with Crippen molar-refractivity contribution >= 4 is 23.5 Å². The number of urea groups is 1. The molecule has 2 N–H and O–H groups in total. The quantitative estimate of drug-likeness (QED) is 0.815. The van der Waals surface area contributed by atoms with E-state index in [1.54, 1.807) is 19.1 Å². The molecule has 9 heteroatoms. The van der Waals surface area contributed by atoms with Crippen LogP contribution in [0.15, 0.2) is 34.7 Å². The lowest BCUT2D eigenvalue weighted by Gasteiger charge is -2.19. The molecular weight excluding hydrogens is 348 g/mol. The second-order valence-electron chi connectivity index (χ2n) is 6.03. The Morgan fingerprint density at radius 3 is 2.62 bits per heavy atom. The Balaban J connectivity index is 1.74. The number of amides is 4. The van der Waals surface area contributed by atoms with Crippen LogP contribution in [-0.4, -0.2) is 29.3 Å². The topological polar surface area (TPSA) is 91.7 Å². The van der Waals surface area contributed by atoms with Crippen molar-refractivity contribution in [2.75, 3.05) is 11.9 Å². The third-order valence-corrected chi connectivity index (χ3v) is 4.02. The van der Waals surface area contributed by atoms with Crippen molar-refractivity contribution in [2.24, 2.45) is 0 Å². The van der Waals surface area contributed by atoms with Gasteiger partial charge in [0.05, 0.1) is 5.69 Å². The third kappa shape index (κ3) is 3.03. The van der Waals surface area contributed by atoms with E-state index in [4.69, 9.17) is 4.42 Å². The molecule has 0 saturated carbocycles. The van der Waals surface area contributed by atoms with Crippen LogP contribution in [0.25, 0.3) is 0 Å². The van der Waals surface area contributed by atoms with E-state index in [2.05, 4.69) is 10.6 Å². The van der Waals surface area contributed by atoms with Gasteiger partial charge >= 0.3 is 6.03 Å². The minimum absolute atomic E-state index is 0.237. The van der Waals surface area contributed by atoms with Crippen LogP contribution in [0.3, 0.4) is 0 Å². The van der Waals surface area contributed by atoms with Gasteiger partial charge in [-0.1, -0.05) is 0 Å². The first kappa shape index (κ1) is 17.6. The van der Waals surface area contributed by atoms with Gasteiger partial charge < -0.3 is 15.1 Å². The molecule has 1 fully saturated rings. The first-order valence-corrected chi connectivity index (χ1v) is 7.66. The van der Waals surface area contributed by atoms with Gasteiger partial charge in [0.25, 0.3) is 5.91 Å². The molecule has 3 rings (SSSR count). The van der Waals surface area contributed by atoms with Crippen molar-refractivity contribution in [1.29, 1.82) is 0 Å². The van der Waals surface area contributed by atoms with Crippen molar-refractivity contribution < 1.29 is 27.6 Å². The van der Waals surface area contributed by atoms with E-state index in [9.17, 15) is 23.2 Å². The average Bonchev–Trinajstić information content (AvgIpc) is 3.09. The molecule has 1 aliphatic heterocycles. The third-order valence-electron chi connectivity index (χ3n) is 4.02. The van der Waals surface area contributed by atoms with Crippen LogP contribution in [0.5, 0.6) is 0 Å². The molecule has 4 amide bonds. The summed E-state index contributed by atoms with van der Waals surface area (Å²) >= 11 is 0. The number of nitrogens with zero attached hydrogens (tertiary/aromatic N) is 1. The summed E-state index contributed by atoms with van der Waals surface area (Å²) in [6.07, 6.45) is 0. The van der Waals surface area contributed by atoms with Crippen LogP contribution in [-0.2, 0) is 15.1 Å². The SMILES string of the molecule is Cc1ccc(C2(C)NC(=O)N(CC(=O)Nc3ccc(F)cc3F)C2=O)o1. The normalized spacial score (nSPS) is 19.6. The second-order valence-corrected chi connectivity index (χ2v) is 6.03. The number of anilines is 1. The monoisotopic (exact) mass is 363 g/mol. The number of carbonyl (C=O) groups excluding carboxylic acids is 3. The molecule has 1 aliphatic rings. The number of benzene rings is 1. The van der Waals surface area contributed by atoms with Gasteiger partial charge in [-0.15, -0.1) is 0 Å². The summed E-state index contributed by atoms with van der Waals surface area (Å²) in [7, 11) is 0. The summed E-state index contributed by atoms with van der Waals surface area (Å²) in [5.74, 6) is -2.44. The Morgan fingerprint density at radius 1 is 1.27 bits per heavy atom. The van der Waals surface area contributed by atoms with Crippen molar-refractivity contribution in [3.05, 3.63) is 53.5 Å². The van der Waals surface area contributed by atoms with Crippen LogP contribution < -0.4 is 10.6 Å². The maximum atomic E-state index is 13.6. The van der Waals surface area contributed by atoms with Crippen LogP contribution in [0, 0.1) is 18.6 Å². The molecule has 0 aliphatic carbocycles. The lowest BCUT2D eigenvalue weighted by molar-refractivity contribution is -0.134. The Bertz CT molecular complexity index is 911. The minimum Gasteiger partial charge on any atom is -0.463 e. The van der Waals surface area contributed by atoms with Gasteiger partial charge in [0.1, 0.15) is 29.7 Å². The molecule has 1 aromatic heterocycles. The van der Waals surface area contributed by atoms with E-state index in [1.807, 2.05) is 0 Å².